The zero-order valence-corrected chi connectivity index (χ0v) is 19.8. The molecule has 5 rings (SSSR count). The smallest absolute Gasteiger partial charge is 0.338 e. The first kappa shape index (κ1) is 21.8. The van der Waals surface area contributed by atoms with Gasteiger partial charge >= 0.3 is 5.97 Å². The summed E-state index contributed by atoms with van der Waals surface area (Å²) in [4.78, 5) is 21.9. The second-order valence-electron chi connectivity index (χ2n) is 8.22. The molecule has 34 heavy (non-hydrogen) atoms. The Morgan fingerprint density at radius 2 is 1.79 bits per heavy atom. The molecule has 0 spiro atoms. The van der Waals surface area contributed by atoms with Crippen molar-refractivity contribution in [3.63, 3.8) is 0 Å². The Kier molecular flexibility index (Phi) is 5.57. The fourth-order valence-corrected chi connectivity index (χ4v) is 4.54. The number of nitrogens with zero attached hydrogens (tertiary/aromatic N) is 3. The fraction of sp³-hybridized carbons (Fsp3) is 0.214. The number of aromatic nitrogens is 2. The highest BCUT2D eigenvalue weighted by molar-refractivity contribution is 6.10. The molecule has 2 heterocycles. The highest BCUT2D eigenvalue weighted by Gasteiger charge is 2.23. The van der Waals surface area contributed by atoms with Crippen molar-refractivity contribution in [3.8, 4) is 22.5 Å². The molecule has 1 aliphatic carbocycles. The lowest BCUT2D eigenvalue weighted by atomic mass is 9.90. The van der Waals surface area contributed by atoms with E-state index < -0.39 is 0 Å². The minimum Gasteiger partial charge on any atom is -0.465 e. The van der Waals surface area contributed by atoms with E-state index in [1.54, 1.807) is 12.3 Å². The van der Waals surface area contributed by atoms with Gasteiger partial charge in [-0.05, 0) is 44.5 Å². The van der Waals surface area contributed by atoms with E-state index >= 15 is 0 Å². The quantitative estimate of drug-likeness (QED) is 0.217. The molecule has 0 atom stereocenters. The summed E-state index contributed by atoms with van der Waals surface area (Å²) in [7, 11) is 1.40. The van der Waals surface area contributed by atoms with E-state index in [1.165, 1.54) is 7.11 Å². The van der Waals surface area contributed by atoms with Crippen LogP contribution >= 0.6 is 0 Å². The molecule has 0 saturated heterocycles. The summed E-state index contributed by atoms with van der Waals surface area (Å²) in [5, 5.41) is 1.95. The average molecular weight is 453 g/mol. The van der Waals surface area contributed by atoms with Crippen LogP contribution in [0, 0.1) is 6.92 Å². The number of esters is 1. The van der Waals surface area contributed by atoms with E-state index in [9.17, 15) is 4.79 Å². The van der Waals surface area contributed by atoms with Crippen LogP contribution in [0.25, 0.3) is 44.5 Å². The summed E-state index contributed by atoms with van der Waals surface area (Å²) in [6.45, 7) is 7.98. The Bertz CT molecular complexity index is 1590. The molecule has 3 aromatic rings. The monoisotopic (exact) mass is 452 g/mol. The summed E-state index contributed by atoms with van der Waals surface area (Å²) >= 11 is 0. The number of carbonyl (C=O) groups excluding carboxylic acids is 1. The lowest BCUT2D eigenvalue weighted by molar-refractivity contribution is 0.0601. The van der Waals surface area contributed by atoms with Crippen molar-refractivity contribution < 1.29 is 13.9 Å². The van der Waals surface area contributed by atoms with Gasteiger partial charge in [-0.25, -0.2) is 14.4 Å². The Morgan fingerprint density at radius 3 is 2.56 bits per heavy atom. The number of rotatable bonds is 4. The van der Waals surface area contributed by atoms with Crippen LogP contribution in [0.3, 0.4) is 0 Å². The van der Waals surface area contributed by atoms with Crippen molar-refractivity contribution >= 4 is 28.0 Å². The first-order valence-corrected chi connectivity index (χ1v) is 11.4. The van der Waals surface area contributed by atoms with Crippen LogP contribution in [-0.2, 0) is 4.74 Å². The van der Waals surface area contributed by atoms with Gasteiger partial charge in [0.1, 0.15) is 24.4 Å². The predicted molar refractivity (Wildman–Crippen MR) is 134 cm³/mol. The maximum atomic E-state index is 12.7. The molecule has 1 aliphatic heterocycles. The van der Waals surface area contributed by atoms with E-state index in [0.29, 0.717) is 11.1 Å². The van der Waals surface area contributed by atoms with Gasteiger partial charge in [-0.1, -0.05) is 18.2 Å². The SMILES string of the molecule is CC[N+](CC)=c1ccc2c(-c3ccccc3C(=O)OC)c3cc4nc(C)cnc4cc3oc-2c1. The second kappa shape index (κ2) is 8.71. The van der Waals surface area contributed by atoms with E-state index in [4.69, 9.17) is 9.15 Å². The summed E-state index contributed by atoms with van der Waals surface area (Å²) in [5.41, 5.74) is 6.17. The minimum absolute atomic E-state index is 0.381. The van der Waals surface area contributed by atoms with Crippen molar-refractivity contribution in [2.75, 3.05) is 20.2 Å². The predicted octanol–water partition coefficient (Wildman–Crippen LogP) is 5.05. The van der Waals surface area contributed by atoms with Gasteiger partial charge in [0.25, 0.3) is 0 Å². The molecule has 0 saturated carbocycles. The molecule has 2 aliphatic rings. The van der Waals surface area contributed by atoms with Gasteiger partial charge < -0.3 is 9.15 Å². The van der Waals surface area contributed by atoms with Crippen LogP contribution < -0.4 is 9.93 Å². The van der Waals surface area contributed by atoms with E-state index in [0.717, 1.165) is 63.0 Å². The van der Waals surface area contributed by atoms with Crippen LogP contribution in [0.5, 0.6) is 0 Å². The zero-order chi connectivity index (χ0) is 23.8. The molecule has 0 amide bonds. The molecule has 170 valence electrons. The lowest BCUT2D eigenvalue weighted by Gasteiger charge is -2.17. The minimum atomic E-state index is -0.381. The van der Waals surface area contributed by atoms with Gasteiger partial charge in [-0.15, -0.1) is 0 Å². The standard InChI is InChI=1S/C28H26N3O3/c1-5-31(6-2)18-11-12-21-25(13-18)34-26-15-23-24(30-17(3)16-29-23)14-22(26)27(21)19-9-7-8-10-20(19)28(32)33-4/h7-16H,5-6H2,1-4H3/q+1. The highest BCUT2D eigenvalue weighted by atomic mass is 16.5. The third kappa shape index (κ3) is 3.61. The number of fused-ring (bicyclic) bond motifs is 3. The van der Waals surface area contributed by atoms with E-state index in [1.807, 2.05) is 37.3 Å². The first-order chi connectivity index (χ1) is 16.5. The largest absolute Gasteiger partial charge is 0.465 e. The molecule has 0 fully saturated rings. The summed E-state index contributed by atoms with van der Waals surface area (Å²) in [5.74, 6) is 0.361. The molecule has 0 bridgehead atoms. The van der Waals surface area contributed by atoms with Crippen molar-refractivity contribution in [1.82, 2.24) is 14.5 Å². The number of aryl methyl sites for hydroxylation is 1. The maximum absolute atomic E-state index is 12.7. The molecule has 6 nitrogen and oxygen atoms in total. The average Bonchev–Trinajstić information content (AvgIpc) is 2.86. The maximum Gasteiger partial charge on any atom is 0.338 e. The summed E-state index contributed by atoms with van der Waals surface area (Å²) < 4.78 is 13.8. The number of ether oxygens (including phenoxy) is 1. The number of hydrogen-bond donors (Lipinski definition) is 0. The van der Waals surface area contributed by atoms with Gasteiger partial charge in [0, 0.05) is 34.8 Å². The molecular weight excluding hydrogens is 426 g/mol. The van der Waals surface area contributed by atoms with Crippen LogP contribution in [0.15, 0.2) is 65.2 Å². The topological polar surface area (TPSA) is 68.2 Å². The van der Waals surface area contributed by atoms with E-state index in [-0.39, 0.29) is 5.97 Å². The van der Waals surface area contributed by atoms with Crippen LogP contribution in [0.4, 0.5) is 0 Å². The van der Waals surface area contributed by atoms with Gasteiger partial charge in [-0.2, -0.15) is 0 Å². The summed E-state index contributed by atoms with van der Waals surface area (Å²) in [6.07, 6.45) is 1.75. The fourth-order valence-electron chi connectivity index (χ4n) is 4.54. The second-order valence-corrected chi connectivity index (χ2v) is 8.22. The summed E-state index contributed by atoms with van der Waals surface area (Å²) in [6, 6.07) is 17.7. The number of hydrogen-bond acceptors (Lipinski definition) is 5. The van der Waals surface area contributed by atoms with Gasteiger partial charge in [0.2, 0.25) is 5.36 Å². The molecule has 0 N–H and O–H groups in total. The lowest BCUT2D eigenvalue weighted by Crippen LogP contribution is -2.29. The molecular formula is C28H26N3O3+. The van der Waals surface area contributed by atoms with Crippen LogP contribution in [-0.4, -0.2) is 36.1 Å². The Balaban J connectivity index is 1.97. The van der Waals surface area contributed by atoms with Crippen LogP contribution in [0.1, 0.15) is 29.9 Å². The zero-order valence-electron chi connectivity index (χ0n) is 19.8. The molecule has 2 aromatic carbocycles. The number of carbonyl (C=O) groups is 1. The Labute approximate surface area is 197 Å². The Hall–Kier alpha value is -4.06. The number of benzene rings is 3. The van der Waals surface area contributed by atoms with Gasteiger partial charge in [-0.3, -0.25) is 4.98 Å². The highest BCUT2D eigenvalue weighted by Crippen LogP contribution is 2.42. The van der Waals surface area contributed by atoms with Gasteiger partial charge in [0.15, 0.2) is 0 Å². The Morgan fingerprint density at radius 1 is 1.00 bits per heavy atom. The molecule has 0 unspecified atom stereocenters. The van der Waals surface area contributed by atoms with E-state index in [2.05, 4.69) is 46.6 Å². The van der Waals surface area contributed by atoms with Crippen LogP contribution in [0.2, 0.25) is 0 Å². The van der Waals surface area contributed by atoms with Crippen molar-refractivity contribution in [2.24, 2.45) is 0 Å². The van der Waals surface area contributed by atoms with Crippen molar-refractivity contribution in [2.45, 2.75) is 20.8 Å². The molecule has 6 heteroatoms. The molecule has 0 radical (unpaired) electrons. The number of methoxy groups -OCH3 is 1. The molecule has 1 aromatic heterocycles. The first-order valence-electron chi connectivity index (χ1n) is 11.4. The van der Waals surface area contributed by atoms with Gasteiger partial charge in [0.05, 0.1) is 35.5 Å². The third-order valence-electron chi connectivity index (χ3n) is 6.22. The van der Waals surface area contributed by atoms with Crippen molar-refractivity contribution in [1.29, 1.82) is 0 Å². The normalized spacial score (nSPS) is 11.3. The van der Waals surface area contributed by atoms with Crippen molar-refractivity contribution in [3.05, 3.63) is 77.4 Å². The third-order valence-corrected chi connectivity index (χ3v) is 6.22.